The van der Waals surface area contributed by atoms with Gasteiger partial charge in [0.25, 0.3) is 0 Å². The molecular weight excluding hydrogens is 226 g/mol. The highest BCUT2D eigenvalue weighted by molar-refractivity contribution is 5.32. The second-order valence-corrected chi connectivity index (χ2v) is 5.28. The predicted molar refractivity (Wildman–Crippen MR) is 72.6 cm³/mol. The van der Waals surface area contributed by atoms with Crippen molar-refractivity contribution in [1.82, 2.24) is 0 Å². The molecule has 2 rings (SSSR count). The van der Waals surface area contributed by atoms with Crippen LogP contribution >= 0.6 is 0 Å². The number of benzene rings is 1. The van der Waals surface area contributed by atoms with Crippen LogP contribution in [0.15, 0.2) is 24.3 Å². The Bertz CT molecular complexity index is 386. The third-order valence-electron chi connectivity index (χ3n) is 3.72. The van der Waals surface area contributed by atoms with Crippen LogP contribution in [0.4, 0.5) is 0 Å². The molecule has 0 spiro atoms. The number of hydrogen-bond donors (Lipinski definition) is 2. The molecule has 0 bridgehead atoms. The summed E-state index contributed by atoms with van der Waals surface area (Å²) in [6, 6.07) is 7.81. The zero-order valence-corrected chi connectivity index (χ0v) is 11.1. The second kappa shape index (κ2) is 5.72. The Morgan fingerprint density at radius 3 is 2.72 bits per heavy atom. The van der Waals surface area contributed by atoms with Gasteiger partial charge in [-0.25, -0.2) is 0 Å². The molecule has 0 amide bonds. The maximum absolute atomic E-state index is 10.7. The Morgan fingerprint density at radius 1 is 1.33 bits per heavy atom. The number of aliphatic hydroxyl groups is 1. The molecule has 3 N–H and O–H groups in total. The van der Waals surface area contributed by atoms with Gasteiger partial charge in [-0.15, -0.1) is 0 Å². The molecule has 1 aromatic carbocycles. The highest BCUT2D eigenvalue weighted by atomic mass is 16.5. The summed E-state index contributed by atoms with van der Waals surface area (Å²) in [6.07, 6.45) is 5.12. The molecule has 0 saturated heterocycles. The smallest absolute Gasteiger partial charge is 0.120 e. The van der Waals surface area contributed by atoms with Crippen LogP contribution in [-0.2, 0) is 5.60 Å². The van der Waals surface area contributed by atoms with Crippen LogP contribution in [-0.4, -0.2) is 17.8 Å². The first-order chi connectivity index (χ1) is 8.64. The van der Waals surface area contributed by atoms with Crippen LogP contribution < -0.4 is 10.5 Å². The van der Waals surface area contributed by atoms with Gasteiger partial charge in [-0.3, -0.25) is 0 Å². The van der Waals surface area contributed by atoms with Crippen LogP contribution in [0.1, 0.15) is 44.6 Å². The molecule has 1 saturated carbocycles. The first-order valence-electron chi connectivity index (χ1n) is 6.84. The SMILES string of the molecule is C[C@@H](CN)Oc1cccc(C2(O)CCCCC2)c1. The van der Waals surface area contributed by atoms with Crippen molar-refractivity contribution in [3.05, 3.63) is 29.8 Å². The molecular formula is C15H23NO2. The monoisotopic (exact) mass is 249 g/mol. The Kier molecular flexibility index (Phi) is 4.25. The fourth-order valence-electron chi connectivity index (χ4n) is 2.56. The van der Waals surface area contributed by atoms with Crippen molar-refractivity contribution in [2.75, 3.05) is 6.54 Å². The van der Waals surface area contributed by atoms with Crippen molar-refractivity contribution >= 4 is 0 Å². The first-order valence-corrected chi connectivity index (χ1v) is 6.84. The summed E-state index contributed by atoms with van der Waals surface area (Å²) in [5, 5.41) is 10.7. The summed E-state index contributed by atoms with van der Waals surface area (Å²) < 4.78 is 5.70. The van der Waals surface area contributed by atoms with E-state index in [9.17, 15) is 5.11 Å². The molecule has 1 fully saturated rings. The van der Waals surface area contributed by atoms with Crippen molar-refractivity contribution in [2.24, 2.45) is 5.73 Å². The largest absolute Gasteiger partial charge is 0.489 e. The lowest BCUT2D eigenvalue weighted by molar-refractivity contribution is -0.000898. The van der Waals surface area contributed by atoms with Gasteiger partial charge < -0.3 is 15.6 Å². The first kappa shape index (κ1) is 13.4. The molecule has 100 valence electrons. The summed E-state index contributed by atoms with van der Waals surface area (Å²) in [4.78, 5) is 0. The van der Waals surface area contributed by atoms with Gasteiger partial charge in [-0.1, -0.05) is 31.4 Å². The van der Waals surface area contributed by atoms with E-state index < -0.39 is 5.60 Å². The fraction of sp³-hybridized carbons (Fsp3) is 0.600. The summed E-state index contributed by atoms with van der Waals surface area (Å²) >= 11 is 0. The summed E-state index contributed by atoms with van der Waals surface area (Å²) in [5.41, 5.74) is 5.87. The molecule has 0 aromatic heterocycles. The van der Waals surface area contributed by atoms with Gasteiger partial charge in [-0.05, 0) is 37.5 Å². The average Bonchev–Trinajstić information content (AvgIpc) is 2.40. The Labute approximate surface area is 109 Å². The van der Waals surface area contributed by atoms with Gasteiger partial charge in [0.05, 0.1) is 5.60 Å². The zero-order chi connectivity index (χ0) is 13.0. The van der Waals surface area contributed by atoms with E-state index in [4.69, 9.17) is 10.5 Å². The molecule has 18 heavy (non-hydrogen) atoms. The van der Waals surface area contributed by atoms with Gasteiger partial charge >= 0.3 is 0 Å². The molecule has 1 aliphatic carbocycles. The van der Waals surface area contributed by atoms with Crippen LogP contribution in [0.2, 0.25) is 0 Å². The molecule has 3 heteroatoms. The lowest BCUT2D eigenvalue weighted by atomic mass is 9.80. The lowest BCUT2D eigenvalue weighted by Gasteiger charge is -2.32. The number of nitrogens with two attached hydrogens (primary N) is 1. The molecule has 0 radical (unpaired) electrons. The minimum Gasteiger partial charge on any atom is -0.489 e. The number of hydrogen-bond acceptors (Lipinski definition) is 3. The normalized spacial score (nSPS) is 20.4. The third kappa shape index (κ3) is 3.03. The van der Waals surface area contributed by atoms with Crippen molar-refractivity contribution in [1.29, 1.82) is 0 Å². The van der Waals surface area contributed by atoms with Crippen molar-refractivity contribution in [3.63, 3.8) is 0 Å². The average molecular weight is 249 g/mol. The topological polar surface area (TPSA) is 55.5 Å². The van der Waals surface area contributed by atoms with Crippen molar-refractivity contribution in [3.8, 4) is 5.75 Å². The van der Waals surface area contributed by atoms with E-state index in [0.717, 1.165) is 37.0 Å². The zero-order valence-electron chi connectivity index (χ0n) is 11.1. The fourth-order valence-corrected chi connectivity index (χ4v) is 2.56. The molecule has 0 aliphatic heterocycles. The van der Waals surface area contributed by atoms with Crippen molar-refractivity contribution < 1.29 is 9.84 Å². The van der Waals surface area contributed by atoms with Crippen LogP contribution in [0.5, 0.6) is 5.75 Å². The Morgan fingerprint density at radius 2 is 2.06 bits per heavy atom. The maximum atomic E-state index is 10.7. The summed E-state index contributed by atoms with van der Waals surface area (Å²) in [7, 11) is 0. The van der Waals surface area contributed by atoms with E-state index >= 15 is 0 Å². The molecule has 0 unspecified atom stereocenters. The van der Waals surface area contributed by atoms with E-state index in [1.54, 1.807) is 0 Å². The third-order valence-corrected chi connectivity index (χ3v) is 3.72. The van der Waals surface area contributed by atoms with E-state index in [1.165, 1.54) is 6.42 Å². The Hall–Kier alpha value is -1.06. The van der Waals surface area contributed by atoms with Gasteiger partial charge in [-0.2, -0.15) is 0 Å². The Balaban J connectivity index is 2.15. The molecule has 1 aromatic rings. The van der Waals surface area contributed by atoms with Crippen LogP contribution in [0.25, 0.3) is 0 Å². The van der Waals surface area contributed by atoms with Crippen molar-refractivity contribution in [2.45, 2.75) is 50.7 Å². The van der Waals surface area contributed by atoms with Gasteiger partial charge in [0.2, 0.25) is 0 Å². The van der Waals surface area contributed by atoms with Gasteiger partial charge in [0.15, 0.2) is 0 Å². The highest BCUT2D eigenvalue weighted by Crippen LogP contribution is 2.37. The molecule has 1 atom stereocenters. The summed E-state index contributed by atoms with van der Waals surface area (Å²) in [6.45, 7) is 2.44. The maximum Gasteiger partial charge on any atom is 0.120 e. The van der Waals surface area contributed by atoms with E-state index in [0.29, 0.717) is 6.54 Å². The van der Waals surface area contributed by atoms with Crippen LogP contribution in [0, 0.1) is 0 Å². The molecule has 0 heterocycles. The lowest BCUT2D eigenvalue weighted by Crippen LogP contribution is -2.28. The standard InChI is InChI=1S/C15H23NO2/c1-12(11-16)18-14-7-5-6-13(10-14)15(17)8-3-2-4-9-15/h5-7,10,12,17H,2-4,8-9,11,16H2,1H3/t12-/m0/s1. The number of rotatable bonds is 4. The van der Waals surface area contributed by atoms with Gasteiger partial charge in [0.1, 0.15) is 11.9 Å². The minimum absolute atomic E-state index is 0.00116. The predicted octanol–water partition coefficient (Wildman–Crippen LogP) is 2.56. The van der Waals surface area contributed by atoms with E-state index in [1.807, 2.05) is 31.2 Å². The quantitative estimate of drug-likeness (QED) is 0.862. The minimum atomic E-state index is -0.663. The summed E-state index contributed by atoms with van der Waals surface area (Å²) in [5.74, 6) is 0.796. The van der Waals surface area contributed by atoms with Gasteiger partial charge in [0, 0.05) is 6.54 Å². The molecule has 1 aliphatic rings. The number of ether oxygens (including phenoxy) is 1. The second-order valence-electron chi connectivity index (χ2n) is 5.28. The molecule has 3 nitrogen and oxygen atoms in total. The van der Waals surface area contributed by atoms with Crippen LogP contribution in [0.3, 0.4) is 0 Å². The van der Waals surface area contributed by atoms with E-state index in [2.05, 4.69) is 0 Å². The van der Waals surface area contributed by atoms with E-state index in [-0.39, 0.29) is 6.10 Å². The highest BCUT2D eigenvalue weighted by Gasteiger charge is 2.31.